The van der Waals surface area contributed by atoms with Crippen LogP contribution in [0.4, 0.5) is 0 Å². The molecule has 1 atom stereocenters. The van der Waals surface area contributed by atoms with Gasteiger partial charge >= 0.3 is 5.97 Å². The van der Waals surface area contributed by atoms with Gasteiger partial charge in [-0.25, -0.2) is 0 Å². The molecule has 134 valence electrons. The largest absolute Gasteiger partial charge is 0.486 e. The van der Waals surface area contributed by atoms with Gasteiger partial charge in [0.15, 0.2) is 5.78 Å². The zero-order valence-corrected chi connectivity index (χ0v) is 15.1. The van der Waals surface area contributed by atoms with E-state index >= 15 is 0 Å². The van der Waals surface area contributed by atoms with Gasteiger partial charge in [-0.05, 0) is 50.2 Å². The Kier molecular flexibility index (Phi) is 4.09. The Balaban J connectivity index is 1.80. The molecule has 4 heteroatoms. The summed E-state index contributed by atoms with van der Waals surface area (Å²) in [5.41, 5.74) is 1.27. The third-order valence-electron chi connectivity index (χ3n) is 5.82. The molecule has 0 amide bonds. The van der Waals surface area contributed by atoms with Crippen molar-refractivity contribution >= 4 is 11.8 Å². The van der Waals surface area contributed by atoms with Crippen LogP contribution in [0.3, 0.4) is 0 Å². The smallest absolute Gasteiger partial charge is 0.311 e. The van der Waals surface area contributed by atoms with Gasteiger partial charge in [-0.15, -0.1) is 0 Å². The number of benzene rings is 1. The second-order valence-corrected chi connectivity index (χ2v) is 8.30. The average Bonchev–Trinajstić information content (AvgIpc) is 2.54. The zero-order valence-electron chi connectivity index (χ0n) is 15.1. The van der Waals surface area contributed by atoms with E-state index in [9.17, 15) is 9.59 Å². The first-order chi connectivity index (χ1) is 12.0. The summed E-state index contributed by atoms with van der Waals surface area (Å²) in [7, 11) is 0. The van der Waals surface area contributed by atoms with E-state index in [4.69, 9.17) is 9.47 Å². The fourth-order valence-electron chi connectivity index (χ4n) is 4.74. The van der Waals surface area contributed by atoms with Crippen LogP contribution < -0.4 is 9.47 Å². The van der Waals surface area contributed by atoms with Crippen LogP contribution in [0.15, 0.2) is 12.1 Å². The molecule has 0 aromatic heterocycles. The van der Waals surface area contributed by atoms with Gasteiger partial charge in [-0.3, -0.25) is 9.59 Å². The Morgan fingerprint density at radius 1 is 1.16 bits per heavy atom. The van der Waals surface area contributed by atoms with E-state index in [1.807, 2.05) is 0 Å². The molecule has 3 aliphatic rings. The van der Waals surface area contributed by atoms with Crippen molar-refractivity contribution in [3.63, 3.8) is 0 Å². The second kappa shape index (κ2) is 6.15. The molecular weight excluding hydrogens is 316 g/mol. The van der Waals surface area contributed by atoms with E-state index in [1.54, 1.807) is 12.1 Å². The Morgan fingerprint density at radius 2 is 1.92 bits per heavy atom. The highest BCUT2D eigenvalue weighted by molar-refractivity contribution is 6.01. The average molecular weight is 342 g/mol. The molecule has 1 aromatic rings. The predicted octanol–water partition coefficient (Wildman–Crippen LogP) is 4.79. The minimum absolute atomic E-state index is 0.0674. The van der Waals surface area contributed by atoms with E-state index in [0.717, 1.165) is 37.7 Å². The predicted molar refractivity (Wildman–Crippen MR) is 94.3 cm³/mol. The lowest BCUT2D eigenvalue weighted by Crippen LogP contribution is -2.44. The van der Waals surface area contributed by atoms with Crippen LogP contribution >= 0.6 is 0 Å². The van der Waals surface area contributed by atoms with E-state index in [0.29, 0.717) is 35.8 Å². The maximum Gasteiger partial charge on any atom is 0.311 e. The van der Waals surface area contributed by atoms with Crippen molar-refractivity contribution in [1.82, 2.24) is 0 Å². The van der Waals surface area contributed by atoms with Gasteiger partial charge in [0, 0.05) is 11.5 Å². The topological polar surface area (TPSA) is 52.6 Å². The summed E-state index contributed by atoms with van der Waals surface area (Å²) in [6, 6.07) is 3.55. The molecular formula is C21H26O4. The number of ether oxygens (including phenoxy) is 2. The number of hydrogen-bond acceptors (Lipinski definition) is 4. The standard InChI is InChI=1S/C21H26O4/c1-13(2)10-14-11-18(23)24-17-7-6-15-16(22)12-21(8-4-3-5-9-21)25-20(15)19(14)17/h6-7,13-14H,3-5,8-12H2,1-2H3/t14-/m1/s1. The number of carbonyl (C=O) groups is 2. The Bertz CT molecular complexity index is 713. The zero-order chi connectivity index (χ0) is 17.6. The first kappa shape index (κ1) is 16.6. The van der Waals surface area contributed by atoms with E-state index in [2.05, 4.69) is 13.8 Å². The first-order valence-electron chi connectivity index (χ1n) is 9.57. The maximum atomic E-state index is 12.9. The fourth-order valence-corrected chi connectivity index (χ4v) is 4.74. The Labute approximate surface area is 148 Å². The van der Waals surface area contributed by atoms with Crippen LogP contribution in [0.5, 0.6) is 11.5 Å². The molecule has 0 saturated heterocycles. The molecule has 1 spiro atoms. The number of esters is 1. The lowest BCUT2D eigenvalue weighted by atomic mass is 9.76. The lowest BCUT2D eigenvalue weighted by molar-refractivity contribution is -0.136. The van der Waals surface area contributed by atoms with Gasteiger partial charge in [0.05, 0.1) is 18.4 Å². The van der Waals surface area contributed by atoms with Crippen molar-refractivity contribution in [1.29, 1.82) is 0 Å². The summed E-state index contributed by atoms with van der Waals surface area (Å²) in [5.74, 6) is 1.80. The van der Waals surface area contributed by atoms with E-state index in [-0.39, 0.29) is 23.3 Å². The molecule has 1 saturated carbocycles. The third kappa shape index (κ3) is 2.96. The molecule has 4 nitrogen and oxygen atoms in total. The van der Waals surface area contributed by atoms with Crippen LogP contribution in [0, 0.1) is 5.92 Å². The minimum atomic E-state index is -0.346. The molecule has 1 fully saturated rings. The minimum Gasteiger partial charge on any atom is -0.486 e. The van der Waals surface area contributed by atoms with Gasteiger partial charge in [0.1, 0.15) is 17.1 Å². The normalized spacial score (nSPS) is 24.5. The molecule has 2 aliphatic heterocycles. The molecule has 0 unspecified atom stereocenters. The monoisotopic (exact) mass is 342 g/mol. The van der Waals surface area contributed by atoms with Crippen LogP contribution in [0.1, 0.15) is 87.1 Å². The van der Waals surface area contributed by atoms with Crippen molar-refractivity contribution in [2.45, 2.75) is 76.7 Å². The van der Waals surface area contributed by atoms with Crippen LogP contribution in [0.25, 0.3) is 0 Å². The lowest BCUT2D eigenvalue weighted by Gasteiger charge is -2.42. The van der Waals surface area contributed by atoms with E-state index in [1.165, 1.54) is 6.42 Å². The van der Waals surface area contributed by atoms with Gasteiger partial charge in [0.25, 0.3) is 0 Å². The van der Waals surface area contributed by atoms with Crippen molar-refractivity contribution < 1.29 is 19.1 Å². The number of fused-ring (bicyclic) bond motifs is 3. The number of rotatable bonds is 2. The number of Topliss-reactive ketones (excluding diaryl/α,β-unsaturated/α-hetero) is 1. The highest BCUT2D eigenvalue weighted by Crippen LogP contribution is 2.50. The molecule has 25 heavy (non-hydrogen) atoms. The molecule has 0 N–H and O–H groups in total. The molecule has 0 bridgehead atoms. The van der Waals surface area contributed by atoms with Gasteiger partial charge in [-0.2, -0.15) is 0 Å². The molecule has 1 aliphatic carbocycles. The summed E-state index contributed by atoms with van der Waals surface area (Å²) in [6.07, 6.45) is 7.06. The molecule has 1 aromatic carbocycles. The highest BCUT2D eigenvalue weighted by atomic mass is 16.5. The number of hydrogen-bond donors (Lipinski definition) is 0. The second-order valence-electron chi connectivity index (χ2n) is 8.30. The van der Waals surface area contributed by atoms with Crippen molar-refractivity contribution in [3.05, 3.63) is 23.3 Å². The quantitative estimate of drug-likeness (QED) is 0.572. The van der Waals surface area contributed by atoms with Crippen molar-refractivity contribution in [3.8, 4) is 11.5 Å². The summed E-state index contributed by atoms with van der Waals surface area (Å²) in [5, 5.41) is 0. The van der Waals surface area contributed by atoms with Gasteiger partial charge < -0.3 is 9.47 Å². The van der Waals surface area contributed by atoms with Crippen LogP contribution in [-0.4, -0.2) is 17.4 Å². The Hall–Kier alpha value is -1.84. The van der Waals surface area contributed by atoms with Gasteiger partial charge in [0.2, 0.25) is 0 Å². The van der Waals surface area contributed by atoms with Crippen LogP contribution in [-0.2, 0) is 4.79 Å². The molecule has 0 radical (unpaired) electrons. The van der Waals surface area contributed by atoms with Crippen molar-refractivity contribution in [2.24, 2.45) is 5.92 Å². The Morgan fingerprint density at radius 3 is 2.64 bits per heavy atom. The van der Waals surface area contributed by atoms with Crippen LogP contribution in [0.2, 0.25) is 0 Å². The number of ketones is 1. The summed E-state index contributed by atoms with van der Waals surface area (Å²) in [4.78, 5) is 24.9. The summed E-state index contributed by atoms with van der Waals surface area (Å²) >= 11 is 0. The maximum absolute atomic E-state index is 12.9. The summed E-state index contributed by atoms with van der Waals surface area (Å²) in [6.45, 7) is 4.31. The first-order valence-corrected chi connectivity index (χ1v) is 9.57. The van der Waals surface area contributed by atoms with Gasteiger partial charge in [-0.1, -0.05) is 20.3 Å². The SMILES string of the molecule is CC(C)C[C@@H]1CC(=O)Oc2ccc3c(c21)OC1(CCCCC1)CC3=O. The fraction of sp³-hybridized carbons (Fsp3) is 0.619. The summed E-state index contributed by atoms with van der Waals surface area (Å²) < 4.78 is 12.1. The van der Waals surface area contributed by atoms with Crippen molar-refractivity contribution in [2.75, 3.05) is 0 Å². The highest BCUT2D eigenvalue weighted by Gasteiger charge is 2.44. The molecule has 4 rings (SSSR count). The van der Waals surface area contributed by atoms with E-state index < -0.39 is 0 Å². The third-order valence-corrected chi connectivity index (χ3v) is 5.82. The number of carbonyl (C=O) groups excluding carboxylic acids is 2. The molecule has 2 heterocycles.